The van der Waals surface area contributed by atoms with Gasteiger partial charge >= 0.3 is 31.7 Å². The number of carboxylic acid groups (broad SMARTS) is 2. The lowest BCUT2D eigenvalue weighted by atomic mass is 10.0. The summed E-state index contributed by atoms with van der Waals surface area (Å²) in [5.74, 6) is -4.00. The standard InChI is InChI=1S/C47H83N2O13PS/c1-3-5-7-9-11-13-15-17-18-19-21-23-25-27-29-34-45(53)59-35-39(36-60-63(57,58)61-37-40(48)46(54)55)62-47(56)41(49)38-64-43(42(50)31-30-33-44(51)52)32-28-26-24-22-20-16-14-12-10-8-6-4-2/h12,14,20,22,24,26,28,32,39-43,50H,3-11,13,15-19,21,23,25,27,29-31,33-38,48-49H2,1-2H3,(H,51,52)(H,54,55)(H,57,58)/b14-12-,22-20-,26-24+,32-28+/t39-,40+,41+,42+,43-/m1/s1. The van der Waals surface area contributed by atoms with Crippen LogP contribution in [0.1, 0.15) is 168 Å². The van der Waals surface area contributed by atoms with E-state index < -0.39 is 81.1 Å². The van der Waals surface area contributed by atoms with Crippen molar-refractivity contribution < 1.29 is 62.5 Å². The Morgan fingerprint density at radius 3 is 1.81 bits per heavy atom. The number of hydrogen-bond acceptors (Lipinski definition) is 13. The molecule has 8 N–H and O–H groups in total. The third-order valence-electron chi connectivity index (χ3n) is 10.1. The van der Waals surface area contributed by atoms with Gasteiger partial charge in [-0.2, -0.15) is 0 Å². The van der Waals surface area contributed by atoms with Crippen molar-refractivity contribution in [2.75, 3.05) is 25.6 Å². The summed E-state index contributed by atoms with van der Waals surface area (Å²) in [7, 11) is -4.88. The first-order valence-corrected chi connectivity index (χ1v) is 26.1. The molecule has 370 valence electrons. The van der Waals surface area contributed by atoms with E-state index in [1.165, 1.54) is 83.5 Å². The van der Waals surface area contributed by atoms with Crippen molar-refractivity contribution in [3.05, 3.63) is 48.6 Å². The topological polar surface area (TPSA) is 255 Å². The number of carboxylic acids is 2. The zero-order chi connectivity index (χ0) is 47.7. The molecule has 15 nitrogen and oxygen atoms in total. The Morgan fingerprint density at radius 2 is 1.22 bits per heavy atom. The number of allylic oxidation sites excluding steroid dienone is 7. The van der Waals surface area contributed by atoms with Crippen LogP contribution in [-0.2, 0) is 42.3 Å². The van der Waals surface area contributed by atoms with E-state index in [1.54, 1.807) is 18.2 Å². The van der Waals surface area contributed by atoms with Crippen LogP contribution in [0.4, 0.5) is 0 Å². The average Bonchev–Trinajstić information content (AvgIpc) is 3.26. The molecule has 0 bridgehead atoms. The molecule has 64 heavy (non-hydrogen) atoms. The number of aliphatic hydroxyl groups is 1. The van der Waals surface area contributed by atoms with Crippen molar-refractivity contribution >= 4 is 43.5 Å². The molecule has 0 saturated heterocycles. The largest absolute Gasteiger partial charge is 0.481 e. The number of nitrogens with two attached hydrogens (primary N) is 2. The van der Waals surface area contributed by atoms with Crippen LogP contribution in [0.15, 0.2) is 48.6 Å². The Kier molecular flexibility index (Phi) is 39.8. The van der Waals surface area contributed by atoms with Gasteiger partial charge in [-0.3, -0.25) is 28.2 Å². The number of carbonyl (C=O) groups excluding carboxylic acids is 2. The van der Waals surface area contributed by atoms with Crippen LogP contribution >= 0.6 is 19.6 Å². The molecule has 17 heteroatoms. The molecule has 6 atom stereocenters. The van der Waals surface area contributed by atoms with Crippen LogP contribution in [0.25, 0.3) is 0 Å². The lowest BCUT2D eigenvalue weighted by molar-refractivity contribution is -0.161. The van der Waals surface area contributed by atoms with Gasteiger partial charge in [0.1, 0.15) is 18.7 Å². The zero-order valence-electron chi connectivity index (χ0n) is 38.8. The van der Waals surface area contributed by atoms with Gasteiger partial charge in [-0.25, -0.2) is 4.57 Å². The summed E-state index contributed by atoms with van der Waals surface area (Å²) in [6.07, 6.45) is 36.5. The minimum atomic E-state index is -4.88. The zero-order valence-corrected chi connectivity index (χ0v) is 40.5. The van der Waals surface area contributed by atoms with E-state index in [2.05, 4.69) is 30.5 Å². The van der Waals surface area contributed by atoms with E-state index >= 15 is 0 Å². The number of phosphoric acid groups is 1. The summed E-state index contributed by atoms with van der Waals surface area (Å²) in [6.45, 7) is 2.27. The van der Waals surface area contributed by atoms with Crippen LogP contribution in [-0.4, -0.2) is 99.2 Å². The highest BCUT2D eigenvalue weighted by Gasteiger charge is 2.30. The van der Waals surface area contributed by atoms with Crippen molar-refractivity contribution in [3.8, 4) is 0 Å². The predicted octanol–water partition coefficient (Wildman–Crippen LogP) is 9.49. The molecule has 1 unspecified atom stereocenters. The second-order valence-corrected chi connectivity index (χ2v) is 18.8. The molecule has 0 aliphatic heterocycles. The highest BCUT2D eigenvalue weighted by molar-refractivity contribution is 8.00. The van der Waals surface area contributed by atoms with Gasteiger partial charge in [0.15, 0.2) is 6.10 Å². The summed E-state index contributed by atoms with van der Waals surface area (Å²) in [5, 5.41) is 28.4. The Bertz CT molecular complexity index is 1400. The average molecular weight is 947 g/mol. The number of rotatable bonds is 44. The molecule has 0 aliphatic rings. The van der Waals surface area contributed by atoms with E-state index in [4.69, 9.17) is 35.7 Å². The molecule has 0 aromatic carbocycles. The van der Waals surface area contributed by atoms with Gasteiger partial charge in [-0.1, -0.05) is 165 Å². The normalized spacial score (nSPS) is 15.4. The number of phosphoric ester groups is 1. The first kappa shape index (κ1) is 61.2. The molecular formula is C47H83N2O13PS. The molecule has 0 saturated carbocycles. The van der Waals surface area contributed by atoms with E-state index in [0.29, 0.717) is 6.42 Å². The number of aliphatic hydroxyl groups excluding tert-OH is 1. The summed E-state index contributed by atoms with van der Waals surface area (Å²) in [6, 6.07) is -2.86. The van der Waals surface area contributed by atoms with Crippen LogP contribution in [0.2, 0.25) is 0 Å². The van der Waals surface area contributed by atoms with Gasteiger partial charge in [0.25, 0.3) is 0 Å². The maximum absolute atomic E-state index is 13.2. The van der Waals surface area contributed by atoms with Gasteiger partial charge in [-0.05, 0) is 38.5 Å². The number of esters is 2. The molecule has 0 amide bonds. The van der Waals surface area contributed by atoms with E-state index in [9.17, 15) is 33.7 Å². The van der Waals surface area contributed by atoms with Crippen molar-refractivity contribution in [1.29, 1.82) is 0 Å². The van der Waals surface area contributed by atoms with Crippen LogP contribution in [0, 0.1) is 0 Å². The number of hydrogen-bond donors (Lipinski definition) is 6. The highest BCUT2D eigenvalue weighted by atomic mass is 32.2. The molecule has 0 rings (SSSR count). The second kappa shape index (κ2) is 41.6. The Morgan fingerprint density at radius 1 is 0.656 bits per heavy atom. The second-order valence-electron chi connectivity index (χ2n) is 16.1. The van der Waals surface area contributed by atoms with Crippen molar-refractivity contribution in [3.63, 3.8) is 0 Å². The van der Waals surface area contributed by atoms with Crippen molar-refractivity contribution in [2.24, 2.45) is 11.5 Å². The maximum Gasteiger partial charge on any atom is 0.472 e. The number of carbonyl (C=O) groups is 4. The molecule has 0 fully saturated rings. The highest BCUT2D eigenvalue weighted by Crippen LogP contribution is 2.43. The Hall–Kier alpha value is -2.82. The quantitative estimate of drug-likeness (QED) is 0.0109. The van der Waals surface area contributed by atoms with Crippen LogP contribution in [0.3, 0.4) is 0 Å². The summed E-state index contributed by atoms with van der Waals surface area (Å²) in [4.78, 5) is 58.0. The first-order valence-electron chi connectivity index (χ1n) is 23.6. The van der Waals surface area contributed by atoms with Gasteiger partial charge in [0, 0.05) is 23.8 Å². The van der Waals surface area contributed by atoms with Gasteiger partial charge in [0.05, 0.1) is 19.3 Å². The minimum Gasteiger partial charge on any atom is -0.481 e. The van der Waals surface area contributed by atoms with Crippen molar-refractivity contribution in [1.82, 2.24) is 0 Å². The molecule has 0 aromatic heterocycles. The SMILES string of the molecule is CCCCC/C=C\C\C=C/C=C/C=C/[C@@H](SC[C@H](N)C(=O)O[C@H](COC(=O)CCCCCCCCCCCCCCCCC)COP(=O)(O)OC[C@H](N)C(=O)O)[C@@H](O)CCCC(=O)O. The fourth-order valence-electron chi connectivity index (χ4n) is 6.20. The smallest absolute Gasteiger partial charge is 0.472 e. The van der Waals surface area contributed by atoms with E-state index in [1.807, 2.05) is 18.2 Å². The molecular weight excluding hydrogens is 864 g/mol. The summed E-state index contributed by atoms with van der Waals surface area (Å²) >= 11 is 1.15. The van der Waals surface area contributed by atoms with Gasteiger partial charge in [-0.15, -0.1) is 11.8 Å². The van der Waals surface area contributed by atoms with Gasteiger partial charge < -0.3 is 41.2 Å². The molecule has 0 radical (unpaired) electrons. The van der Waals surface area contributed by atoms with Crippen molar-refractivity contribution in [2.45, 2.75) is 197 Å². The Balaban J connectivity index is 5.24. The lowest BCUT2D eigenvalue weighted by Gasteiger charge is -2.23. The number of ether oxygens (including phenoxy) is 2. The molecule has 0 aromatic rings. The third-order valence-corrected chi connectivity index (χ3v) is 12.4. The lowest BCUT2D eigenvalue weighted by Crippen LogP contribution is -2.40. The maximum atomic E-state index is 13.2. The summed E-state index contributed by atoms with van der Waals surface area (Å²) in [5.41, 5.74) is 11.5. The minimum absolute atomic E-state index is 0.0424. The molecule has 0 spiro atoms. The number of aliphatic carboxylic acids is 2. The van der Waals surface area contributed by atoms with Crippen LogP contribution in [0.5, 0.6) is 0 Å². The van der Waals surface area contributed by atoms with E-state index in [0.717, 1.165) is 50.3 Å². The fourth-order valence-corrected chi connectivity index (χ4v) is 8.10. The van der Waals surface area contributed by atoms with Gasteiger partial charge in [0.2, 0.25) is 0 Å². The first-order chi connectivity index (χ1) is 30.7. The predicted molar refractivity (Wildman–Crippen MR) is 255 cm³/mol. The molecule has 0 aliphatic carbocycles. The Labute approximate surface area is 387 Å². The fraction of sp³-hybridized carbons (Fsp3) is 0.745. The number of unbranched alkanes of at least 4 members (excludes halogenated alkanes) is 17. The number of thioether (sulfide) groups is 1. The summed E-state index contributed by atoms with van der Waals surface area (Å²) < 4.78 is 32.9. The monoisotopic (exact) mass is 947 g/mol. The molecule has 0 heterocycles. The third kappa shape index (κ3) is 38.4. The van der Waals surface area contributed by atoms with Crippen LogP contribution < -0.4 is 11.5 Å². The van der Waals surface area contributed by atoms with E-state index in [-0.39, 0.29) is 31.4 Å².